The first-order valence-corrected chi connectivity index (χ1v) is 11.7. The van der Waals surface area contributed by atoms with Gasteiger partial charge in [-0.2, -0.15) is 4.31 Å². The predicted molar refractivity (Wildman–Crippen MR) is 116 cm³/mol. The lowest BCUT2D eigenvalue weighted by atomic mass is 10.2. The van der Waals surface area contributed by atoms with E-state index in [1.54, 1.807) is 30.3 Å². The number of carbonyl (C=O) groups is 1. The smallest absolute Gasteiger partial charge is 0.262 e. The van der Waals surface area contributed by atoms with Gasteiger partial charge in [-0.15, -0.1) is 0 Å². The minimum absolute atomic E-state index is 0.121. The number of para-hydroxylation sites is 1. The lowest BCUT2D eigenvalue weighted by molar-refractivity contribution is -0.118. The van der Waals surface area contributed by atoms with E-state index in [-0.39, 0.29) is 17.2 Å². The van der Waals surface area contributed by atoms with Gasteiger partial charge >= 0.3 is 0 Å². The molecule has 0 spiro atoms. The molecule has 1 saturated heterocycles. The van der Waals surface area contributed by atoms with Crippen LogP contribution in [0.5, 0.6) is 11.5 Å². The van der Waals surface area contributed by atoms with Crippen LogP contribution >= 0.6 is 11.6 Å². The average molecular weight is 453 g/mol. The molecule has 0 unspecified atom stereocenters. The largest absolute Gasteiger partial charge is 0.492 e. The molecule has 0 radical (unpaired) electrons. The van der Waals surface area contributed by atoms with E-state index in [1.807, 2.05) is 6.92 Å². The van der Waals surface area contributed by atoms with Crippen molar-refractivity contribution in [2.45, 2.75) is 31.1 Å². The number of anilines is 1. The maximum absolute atomic E-state index is 13.0. The number of nitrogens with zero attached hydrogens (tertiary/aromatic N) is 1. The molecule has 2 aromatic carbocycles. The summed E-state index contributed by atoms with van der Waals surface area (Å²) < 4.78 is 38.4. The molecule has 30 heavy (non-hydrogen) atoms. The Kier molecular flexibility index (Phi) is 7.58. The van der Waals surface area contributed by atoms with E-state index >= 15 is 0 Å². The Labute approximate surface area is 182 Å². The van der Waals surface area contributed by atoms with Gasteiger partial charge in [0, 0.05) is 13.1 Å². The van der Waals surface area contributed by atoms with Gasteiger partial charge in [0.15, 0.2) is 6.61 Å². The highest BCUT2D eigenvalue weighted by Crippen LogP contribution is 2.30. The second kappa shape index (κ2) is 10.1. The molecule has 0 saturated carbocycles. The third kappa shape index (κ3) is 5.44. The summed E-state index contributed by atoms with van der Waals surface area (Å²) in [4.78, 5) is 12.5. The van der Waals surface area contributed by atoms with E-state index in [0.717, 1.165) is 19.3 Å². The number of ether oxygens (including phenoxy) is 2. The highest BCUT2D eigenvalue weighted by atomic mass is 35.5. The zero-order valence-electron chi connectivity index (χ0n) is 16.8. The van der Waals surface area contributed by atoms with Crippen molar-refractivity contribution in [2.75, 3.05) is 31.6 Å². The van der Waals surface area contributed by atoms with Crippen molar-refractivity contribution in [3.63, 3.8) is 0 Å². The number of hydrogen-bond acceptors (Lipinski definition) is 5. The van der Waals surface area contributed by atoms with Crippen LogP contribution in [0.25, 0.3) is 0 Å². The summed E-state index contributed by atoms with van der Waals surface area (Å²) in [5.74, 6) is 0.324. The fourth-order valence-electron chi connectivity index (χ4n) is 3.19. The van der Waals surface area contributed by atoms with Crippen LogP contribution in [0.1, 0.15) is 26.2 Å². The minimum atomic E-state index is -3.64. The highest BCUT2D eigenvalue weighted by molar-refractivity contribution is 7.89. The molecule has 0 aliphatic carbocycles. The number of hydrogen-bond donors (Lipinski definition) is 1. The van der Waals surface area contributed by atoms with Crippen LogP contribution in [0.3, 0.4) is 0 Å². The summed E-state index contributed by atoms with van der Waals surface area (Å²) in [5.41, 5.74) is 0.280. The summed E-state index contributed by atoms with van der Waals surface area (Å²) in [6, 6.07) is 11.3. The van der Waals surface area contributed by atoms with Crippen molar-refractivity contribution in [3.05, 3.63) is 47.5 Å². The highest BCUT2D eigenvalue weighted by Gasteiger charge is 2.27. The number of amides is 1. The van der Waals surface area contributed by atoms with Crippen molar-refractivity contribution in [3.8, 4) is 11.5 Å². The molecule has 1 aliphatic heterocycles. The molecular weight excluding hydrogens is 428 g/mol. The van der Waals surface area contributed by atoms with Crippen LogP contribution in [-0.4, -0.2) is 44.9 Å². The number of piperidine rings is 1. The van der Waals surface area contributed by atoms with E-state index in [1.165, 1.54) is 16.4 Å². The zero-order valence-corrected chi connectivity index (χ0v) is 18.3. The lowest BCUT2D eigenvalue weighted by Crippen LogP contribution is -2.35. The van der Waals surface area contributed by atoms with Crippen LogP contribution in [0.15, 0.2) is 47.4 Å². The zero-order chi connectivity index (χ0) is 21.6. The Morgan fingerprint density at radius 2 is 1.80 bits per heavy atom. The lowest BCUT2D eigenvalue weighted by Gasteiger charge is -2.26. The molecule has 9 heteroatoms. The third-order valence-electron chi connectivity index (χ3n) is 4.67. The molecule has 0 atom stereocenters. The standard InChI is InChI=1S/C21H25ClN2O5S/c1-2-28-20-11-10-16(30(26,27)24-12-6-3-7-13-24)14-18(20)23-21(25)15-29-19-9-5-4-8-17(19)22/h4-5,8-11,14H,2-3,6-7,12-13,15H2,1H3,(H,23,25). The summed E-state index contributed by atoms with van der Waals surface area (Å²) in [7, 11) is -3.64. The third-order valence-corrected chi connectivity index (χ3v) is 6.88. The molecule has 3 rings (SSSR count). The average Bonchev–Trinajstić information content (AvgIpc) is 2.75. The van der Waals surface area contributed by atoms with Gasteiger partial charge in [-0.05, 0) is 50.1 Å². The first-order valence-electron chi connectivity index (χ1n) is 9.86. The number of halogens is 1. The molecule has 1 N–H and O–H groups in total. The first kappa shape index (κ1) is 22.4. The molecule has 2 aromatic rings. The Hall–Kier alpha value is -2.29. The maximum atomic E-state index is 13.0. The van der Waals surface area contributed by atoms with Crippen LogP contribution in [0.2, 0.25) is 5.02 Å². The quantitative estimate of drug-likeness (QED) is 0.655. The molecule has 7 nitrogen and oxygen atoms in total. The van der Waals surface area contributed by atoms with E-state index < -0.39 is 15.9 Å². The summed E-state index contributed by atoms with van der Waals surface area (Å²) >= 11 is 6.03. The Bertz CT molecular complexity index is 991. The maximum Gasteiger partial charge on any atom is 0.262 e. The van der Waals surface area contributed by atoms with Gasteiger partial charge < -0.3 is 14.8 Å². The van der Waals surface area contributed by atoms with E-state index in [9.17, 15) is 13.2 Å². The van der Waals surface area contributed by atoms with Crippen molar-refractivity contribution < 1.29 is 22.7 Å². The van der Waals surface area contributed by atoms with Gasteiger partial charge in [0.1, 0.15) is 11.5 Å². The number of sulfonamides is 1. The van der Waals surface area contributed by atoms with Crippen molar-refractivity contribution in [1.29, 1.82) is 0 Å². The van der Waals surface area contributed by atoms with Gasteiger partial charge in [0.2, 0.25) is 10.0 Å². The van der Waals surface area contributed by atoms with E-state index in [2.05, 4.69) is 5.32 Å². The second-order valence-corrected chi connectivity index (χ2v) is 9.17. The second-order valence-electron chi connectivity index (χ2n) is 6.82. The molecule has 1 fully saturated rings. The fraction of sp³-hybridized carbons (Fsp3) is 0.381. The van der Waals surface area contributed by atoms with Crippen molar-refractivity contribution in [2.24, 2.45) is 0 Å². The summed E-state index contributed by atoms with van der Waals surface area (Å²) in [6.07, 6.45) is 2.72. The fourth-order valence-corrected chi connectivity index (χ4v) is 4.93. The Balaban J connectivity index is 1.77. The number of nitrogens with one attached hydrogen (secondary N) is 1. The van der Waals surface area contributed by atoms with Crippen LogP contribution in [0, 0.1) is 0 Å². The SMILES string of the molecule is CCOc1ccc(S(=O)(=O)N2CCCCC2)cc1NC(=O)COc1ccccc1Cl. The number of rotatable bonds is 8. The normalized spacial score (nSPS) is 14.9. The molecule has 1 heterocycles. The summed E-state index contributed by atoms with van der Waals surface area (Å²) in [5, 5.41) is 3.08. The van der Waals surface area contributed by atoms with Crippen molar-refractivity contribution >= 4 is 33.2 Å². The van der Waals surface area contributed by atoms with Gasteiger partial charge in [-0.3, -0.25) is 4.79 Å². The number of benzene rings is 2. The van der Waals surface area contributed by atoms with E-state index in [4.69, 9.17) is 21.1 Å². The van der Waals surface area contributed by atoms with E-state index in [0.29, 0.717) is 36.2 Å². The topological polar surface area (TPSA) is 84.9 Å². The van der Waals surface area contributed by atoms with Gasteiger partial charge in [0.05, 0.1) is 22.2 Å². The summed E-state index contributed by atoms with van der Waals surface area (Å²) in [6.45, 7) is 2.91. The molecule has 1 amide bonds. The molecule has 0 bridgehead atoms. The molecule has 162 valence electrons. The molecular formula is C21H25ClN2O5S. The van der Waals surface area contributed by atoms with Crippen molar-refractivity contribution in [1.82, 2.24) is 4.31 Å². The monoisotopic (exact) mass is 452 g/mol. The van der Waals surface area contributed by atoms with Crippen LogP contribution in [-0.2, 0) is 14.8 Å². The van der Waals surface area contributed by atoms with Gasteiger partial charge in [0.25, 0.3) is 5.91 Å². The number of carbonyl (C=O) groups excluding carboxylic acids is 1. The Morgan fingerprint density at radius 1 is 1.07 bits per heavy atom. The van der Waals surface area contributed by atoms with Gasteiger partial charge in [-0.1, -0.05) is 30.2 Å². The van der Waals surface area contributed by atoms with Gasteiger partial charge in [-0.25, -0.2) is 8.42 Å². The van der Waals surface area contributed by atoms with Crippen LogP contribution < -0.4 is 14.8 Å². The molecule has 1 aliphatic rings. The van der Waals surface area contributed by atoms with Crippen LogP contribution in [0.4, 0.5) is 5.69 Å². The minimum Gasteiger partial charge on any atom is -0.492 e. The molecule has 0 aromatic heterocycles. The predicted octanol–water partition coefficient (Wildman–Crippen LogP) is 3.93. The Morgan fingerprint density at radius 3 is 2.50 bits per heavy atom. The first-order chi connectivity index (χ1) is 14.4.